The fraction of sp³-hybridized carbons (Fsp3) is 0.632. The number of morpholine rings is 1. The first-order valence-electron chi connectivity index (χ1n) is 9.67. The minimum absolute atomic E-state index is 0.0684. The van der Waals surface area contributed by atoms with Crippen molar-refractivity contribution in [3.63, 3.8) is 0 Å². The summed E-state index contributed by atoms with van der Waals surface area (Å²) in [6.45, 7) is 4.16. The van der Waals surface area contributed by atoms with E-state index in [1.807, 2.05) is 18.2 Å². The van der Waals surface area contributed by atoms with Crippen LogP contribution in [0.3, 0.4) is 0 Å². The molecule has 1 amide bonds. The monoisotopic (exact) mass is 412 g/mol. The Balaban J connectivity index is 1.43. The van der Waals surface area contributed by atoms with E-state index in [0.717, 1.165) is 52.1 Å². The highest BCUT2D eigenvalue weighted by Crippen LogP contribution is 2.27. The Morgan fingerprint density at radius 3 is 2.74 bits per heavy atom. The quantitative estimate of drug-likeness (QED) is 0.792. The Morgan fingerprint density at radius 1 is 1.15 bits per heavy atom. The van der Waals surface area contributed by atoms with Gasteiger partial charge in [0.25, 0.3) is 0 Å². The first-order valence-corrected chi connectivity index (χ1v) is 10.4. The Morgan fingerprint density at radius 2 is 1.96 bits per heavy atom. The minimum atomic E-state index is -0.130. The van der Waals surface area contributed by atoms with Crippen LogP contribution in [0.4, 0.5) is 0 Å². The molecule has 148 valence electrons. The van der Waals surface area contributed by atoms with Gasteiger partial charge in [-0.2, -0.15) is 0 Å². The first-order chi connectivity index (χ1) is 13.1. The van der Waals surface area contributed by atoms with Crippen molar-refractivity contribution in [1.82, 2.24) is 20.4 Å². The molecule has 3 saturated heterocycles. The van der Waals surface area contributed by atoms with Crippen LogP contribution in [0, 0.1) is 0 Å². The number of hydrogen-bond acceptors (Lipinski definition) is 5. The molecule has 3 heterocycles. The van der Waals surface area contributed by atoms with Gasteiger partial charge in [0.1, 0.15) is 6.29 Å². The number of ether oxygens (including phenoxy) is 1. The van der Waals surface area contributed by atoms with E-state index in [0.29, 0.717) is 22.5 Å². The lowest BCUT2D eigenvalue weighted by Crippen LogP contribution is -2.68. The summed E-state index contributed by atoms with van der Waals surface area (Å²) >= 11 is 12.2. The van der Waals surface area contributed by atoms with E-state index in [4.69, 9.17) is 27.9 Å². The van der Waals surface area contributed by atoms with Gasteiger partial charge < -0.3 is 10.1 Å². The molecule has 1 aromatic carbocycles. The van der Waals surface area contributed by atoms with Crippen LogP contribution in [0.25, 0.3) is 0 Å². The summed E-state index contributed by atoms with van der Waals surface area (Å²) in [5.74, 6) is 0.107. The van der Waals surface area contributed by atoms with Crippen LogP contribution < -0.4 is 10.6 Å². The predicted octanol–water partition coefficient (Wildman–Crippen LogP) is 2.05. The zero-order valence-electron chi connectivity index (χ0n) is 15.3. The van der Waals surface area contributed by atoms with E-state index < -0.39 is 0 Å². The van der Waals surface area contributed by atoms with Gasteiger partial charge in [0.15, 0.2) is 0 Å². The molecule has 4 rings (SSSR count). The van der Waals surface area contributed by atoms with Crippen molar-refractivity contribution in [3.05, 3.63) is 33.8 Å². The molecule has 0 bridgehead atoms. The number of carbonyl (C=O) groups is 1. The van der Waals surface area contributed by atoms with Gasteiger partial charge in [0, 0.05) is 25.7 Å². The lowest BCUT2D eigenvalue weighted by Gasteiger charge is -2.44. The molecule has 0 aliphatic carbocycles. The van der Waals surface area contributed by atoms with Crippen LogP contribution in [-0.2, 0) is 16.0 Å². The molecule has 3 aliphatic heterocycles. The Kier molecular flexibility index (Phi) is 6.21. The van der Waals surface area contributed by atoms with Crippen molar-refractivity contribution >= 4 is 29.1 Å². The van der Waals surface area contributed by atoms with E-state index in [-0.39, 0.29) is 18.4 Å². The molecule has 0 radical (unpaired) electrons. The van der Waals surface area contributed by atoms with E-state index in [9.17, 15) is 4.79 Å². The lowest BCUT2D eigenvalue weighted by atomic mass is 10.0. The van der Waals surface area contributed by atoms with Crippen molar-refractivity contribution in [3.8, 4) is 0 Å². The third-order valence-electron chi connectivity index (χ3n) is 5.72. The third kappa shape index (κ3) is 4.58. The SMILES string of the molecule is O=C1CC(N2CCOCC2)NC(N2CCC[C@@H]2Cc2ccc(Cl)c(Cl)c2)N1. The first kappa shape index (κ1) is 19.4. The van der Waals surface area contributed by atoms with E-state index in [1.165, 1.54) is 5.56 Å². The van der Waals surface area contributed by atoms with Gasteiger partial charge in [0.2, 0.25) is 5.91 Å². The minimum Gasteiger partial charge on any atom is -0.379 e. The topological polar surface area (TPSA) is 56.8 Å². The molecule has 0 spiro atoms. The number of likely N-dealkylation sites (tertiary alicyclic amines) is 1. The molecule has 0 aromatic heterocycles. The molecule has 2 N–H and O–H groups in total. The van der Waals surface area contributed by atoms with Crippen LogP contribution in [0.15, 0.2) is 18.2 Å². The van der Waals surface area contributed by atoms with Crippen molar-refractivity contribution < 1.29 is 9.53 Å². The molecule has 3 fully saturated rings. The number of benzene rings is 1. The second-order valence-corrected chi connectivity index (χ2v) is 8.31. The van der Waals surface area contributed by atoms with Gasteiger partial charge in [-0.3, -0.25) is 19.9 Å². The fourth-order valence-electron chi connectivity index (χ4n) is 4.33. The van der Waals surface area contributed by atoms with Crippen LogP contribution in [0.1, 0.15) is 24.8 Å². The lowest BCUT2D eigenvalue weighted by molar-refractivity contribution is -0.131. The van der Waals surface area contributed by atoms with Crippen molar-refractivity contribution in [2.75, 3.05) is 32.8 Å². The molecule has 8 heteroatoms. The Bertz CT molecular complexity index is 684. The molecule has 0 saturated carbocycles. The van der Waals surface area contributed by atoms with Gasteiger partial charge in [-0.25, -0.2) is 0 Å². The van der Waals surface area contributed by atoms with Gasteiger partial charge in [-0.05, 0) is 37.0 Å². The van der Waals surface area contributed by atoms with Crippen molar-refractivity contribution in [1.29, 1.82) is 0 Å². The number of halogens is 2. The van der Waals surface area contributed by atoms with Gasteiger partial charge in [-0.15, -0.1) is 0 Å². The average Bonchev–Trinajstić information content (AvgIpc) is 3.13. The highest BCUT2D eigenvalue weighted by atomic mass is 35.5. The molecular weight excluding hydrogens is 387 g/mol. The summed E-state index contributed by atoms with van der Waals surface area (Å²) in [5, 5.41) is 7.96. The number of amides is 1. The molecule has 3 aliphatic rings. The molecular formula is C19H26Cl2N4O2. The van der Waals surface area contributed by atoms with Crippen LogP contribution in [0.5, 0.6) is 0 Å². The number of carbonyl (C=O) groups excluding carboxylic acids is 1. The summed E-state index contributed by atoms with van der Waals surface area (Å²) in [7, 11) is 0. The molecule has 1 aromatic rings. The summed E-state index contributed by atoms with van der Waals surface area (Å²) in [5.41, 5.74) is 1.17. The van der Waals surface area contributed by atoms with Crippen LogP contribution >= 0.6 is 23.2 Å². The molecule has 3 atom stereocenters. The molecule has 6 nitrogen and oxygen atoms in total. The Hall–Kier alpha value is -0.890. The average molecular weight is 413 g/mol. The maximum atomic E-state index is 12.4. The molecule has 27 heavy (non-hydrogen) atoms. The van der Waals surface area contributed by atoms with Crippen molar-refractivity contribution in [2.24, 2.45) is 0 Å². The zero-order chi connectivity index (χ0) is 18.8. The van der Waals surface area contributed by atoms with Crippen LogP contribution in [0.2, 0.25) is 10.0 Å². The largest absolute Gasteiger partial charge is 0.379 e. The predicted molar refractivity (Wildman–Crippen MR) is 106 cm³/mol. The number of nitrogens with one attached hydrogen (secondary N) is 2. The highest BCUT2D eigenvalue weighted by molar-refractivity contribution is 6.42. The summed E-state index contributed by atoms with van der Waals surface area (Å²) in [6.07, 6.45) is 3.56. The van der Waals surface area contributed by atoms with E-state index in [1.54, 1.807) is 0 Å². The maximum Gasteiger partial charge on any atom is 0.225 e. The second-order valence-electron chi connectivity index (χ2n) is 7.49. The fourth-order valence-corrected chi connectivity index (χ4v) is 4.65. The van der Waals surface area contributed by atoms with E-state index >= 15 is 0 Å². The number of nitrogens with zero attached hydrogens (tertiary/aromatic N) is 2. The smallest absolute Gasteiger partial charge is 0.225 e. The summed E-state index contributed by atoms with van der Waals surface area (Å²) in [4.78, 5) is 17.1. The zero-order valence-corrected chi connectivity index (χ0v) is 16.8. The highest BCUT2D eigenvalue weighted by Gasteiger charge is 2.37. The normalized spacial score (nSPS) is 30.4. The second kappa shape index (κ2) is 8.64. The maximum absolute atomic E-state index is 12.4. The van der Waals surface area contributed by atoms with Gasteiger partial charge in [0.05, 0.1) is 35.8 Å². The number of hydrogen-bond donors (Lipinski definition) is 2. The Labute approximate surface area is 170 Å². The summed E-state index contributed by atoms with van der Waals surface area (Å²) < 4.78 is 5.44. The summed E-state index contributed by atoms with van der Waals surface area (Å²) in [6, 6.07) is 6.20. The third-order valence-corrected chi connectivity index (χ3v) is 6.46. The van der Waals surface area contributed by atoms with Crippen molar-refractivity contribution in [2.45, 2.75) is 44.2 Å². The van der Waals surface area contributed by atoms with E-state index in [2.05, 4.69) is 20.4 Å². The van der Waals surface area contributed by atoms with Crippen LogP contribution in [-0.4, -0.2) is 67.1 Å². The van der Waals surface area contributed by atoms with Gasteiger partial charge in [-0.1, -0.05) is 29.3 Å². The number of rotatable bonds is 4. The van der Waals surface area contributed by atoms with Gasteiger partial charge >= 0.3 is 0 Å². The standard InChI is InChI=1S/C19H26Cl2N4O2/c20-15-4-3-13(11-16(15)21)10-14-2-1-5-25(14)19-22-17(12-18(26)23-19)24-6-8-27-9-7-24/h3-4,11,14,17,19,22H,1-2,5-10,12H2,(H,23,26)/t14-,17?,19?/m1/s1. The molecule has 2 unspecified atom stereocenters.